The number of halogens is 2. The van der Waals surface area contributed by atoms with Gasteiger partial charge in [0.15, 0.2) is 0 Å². The molecule has 0 bridgehead atoms. The second kappa shape index (κ2) is 8.91. The highest BCUT2D eigenvalue weighted by Gasteiger charge is 2.08. The maximum atomic E-state index is 12.3. The standard InChI is InChI=1S/C20H17Cl2N3O3/c1-28-17-4-2-13(3-5-17)18-11-19(26)25(12-24-18)7-6-23-20(27)14-8-15(21)10-16(22)9-14/h2-5,8-12H,6-7H2,1H3,(H,23,27). The number of ether oxygens (including phenoxy) is 1. The molecule has 8 heteroatoms. The molecule has 3 aromatic rings. The first-order chi connectivity index (χ1) is 13.5. The predicted molar refractivity (Wildman–Crippen MR) is 109 cm³/mol. The summed E-state index contributed by atoms with van der Waals surface area (Å²) in [5.74, 6) is 0.411. The normalized spacial score (nSPS) is 10.5. The monoisotopic (exact) mass is 417 g/mol. The average Bonchev–Trinajstić information content (AvgIpc) is 2.68. The molecule has 1 N–H and O–H groups in total. The summed E-state index contributed by atoms with van der Waals surface area (Å²) in [5.41, 5.74) is 1.54. The molecule has 28 heavy (non-hydrogen) atoms. The number of hydrogen-bond acceptors (Lipinski definition) is 4. The second-order valence-corrected chi connectivity index (χ2v) is 6.82. The summed E-state index contributed by atoms with van der Waals surface area (Å²) >= 11 is 11.8. The lowest BCUT2D eigenvalue weighted by atomic mass is 10.1. The minimum absolute atomic E-state index is 0.208. The van der Waals surface area contributed by atoms with Gasteiger partial charge in [-0.15, -0.1) is 0 Å². The maximum absolute atomic E-state index is 12.3. The van der Waals surface area contributed by atoms with Crippen molar-refractivity contribution in [3.63, 3.8) is 0 Å². The Morgan fingerprint density at radius 2 is 1.79 bits per heavy atom. The lowest BCUT2D eigenvalue weighted by molar-refractivity contribution is 0.0952. The molecule has 3 rings (SSSR count). The van der Waals surface area contributed by atoms with Crippen molar-refractivity contribution in [1.82, 2.24) is 14.9 Å². The molecule has 0 aliphatic rings. The molecule has 0 radical (unpaired) electrons. The van der Waals surface area contributed by atoms with Crippen molar-refractivity contribution in [1.29, 1.82) is 0 Å². The van der Waals surface area contributed by atoms with E-state index in [9.17, 15) is 9.59 Å². The number of amides is 1. The van der Waals surface area contributed by atoms with E-state index in [0.29, 0.717) is 21.3 Å². The Hall–Kier alpha value is -2.83. The van der Waals surface area contributed by atoms with E-state index in [1.165, 1.54) is 29.1 Å². The van der Waals surface area contributed by atoms with Gasteiger partial charge in [-0.05, 0) is 42.5 Å². The quantitative estimate of drug-likeness (QED) is 0.663. The number of methoxy groups -OCH3 is 1. The van der Waals surface area contributed by atoms with Gasteiger partial charge in [-0.1, -0.05) is 23.2 Å². The third-order valence-corrected chi connectivity index (χ3v) is 4.46. The Morgan fingerprint density at radius 3 is 2.39 bits per heavy atom. The highest BCUT2D eigenvalue weighted by Crippen LogP contribution is 2.20. The minimum Gasteiger partial charge on any atom is -0.497 e. The highest BCUT2D eigenvalue weighted by molar-refractivity contribution is 6.35. The van der Waals surface area contributed by atoms with Crippen LogP contribution in [0.25, 0.3) is 11.3 Å². The van der Waals surface area contributed by atoms with Crippen LogP contribution in [0.15, 0.2) is 59.7 Å². The van der Waals surface area contributed by atoms with E-state index in [4.69, 9.17) is 27.9 Å². The van der Waals surface area contributed by atoms with Crippen LogP contribution in [0.3, 0.4) is 0 Å². The molecule has 2 aromatic carbocycles. The van der Waals surface area contributed by atoms with Crippen molar-refractivity contribution >= 4 is 29.1 Å². The molecule has 144 valence electrons. The van der Waals surface area contributed by atoms with Crippen molar-refractivity contribution in [2.24, 2.45) is 0 Å². The number of nitrogens with zero attached hydrogens (tertiary/aromatic N) is 2. The fourth-order valence-corrected chi connectivity index (χ4v) is 3.12. The van der Waals surface area contributed by atoms with Crippen molar-refractivity contribution in [2.45, 2.75) is 6.54 Å². The van der Waals surface area contributed by atoms with Crippen LogP contribution in [0.4, 0.5) is 0 Å². The molecule has 0 atom stereocenters. The van der Waals surface area contributed by atoms with Gasteiger partial charge in [0.1, 0.15) is 5.75 Å². The fraction of sp³-hybridized carbons (Fsp3) is 0.150. The molecular formula is C20H17Cl2N3O3. The predicted octanol–water partition coefficient (Wildman–Crippen LogP) is 3.66. The molecule has 1 aromatic heterocycles. The first-order valence-corrected chi connectivity index (χ1v) is 9.17. The van der Waals surface area contributed by atoms with Crippen molar-refractivity contribution in [3.8, 4) is 17.0 Å². The van der Waals surface area contributed by atoms with E-state index in [1.54, 1.807) is 25.3 Å². The van der Waals surface area contributed by atoms with Crippen LogP contribution in [-0.2, 0) is 6.54 Å². The highest BCUT2D eigenvalue weighted by atomic mass is 35.5. The molecule has 0 fully saturated rings. The summed E-state index contributed by atoms with van der Waals surface area (Å²) in [6.45, 7) is 0.543. The molecule has 0 saturated carbocycles. The van der Waals surface area contributed by atoms with Gasteiger partial charge in [-0.25, -0.2) is 4.98 Å². The minimum atomic E-state index is -0.319. The zero-order valence-corrected chi connectivity index (χ0v) is 16.5. The lowest BCUT2D eigenvalue weighted by Gasteiger charge is -2.09. The topological polar surface area (TPSA) is 73.2 Å². The first kappa shape index (κ1) is 19.9. The summed E-state index contributed by atoms with van der Waals surface area (Å²) in [6, 6.07) is 13.3. The van der Waals surface area contributed by atoms with Gasteiger partial charge in [0, 0.05) is 40.3 Å². The van der Waals surface area contributed by atoms with Crippen LogP contribution < -0.4 is 15.6 Å². The molecule has 1 amide bonds. The van der Waals surface area contributed by atoms with E-state index < -0.39 is 0 Å². The first-order valence-electron chi connectivity index (χ1n) is 8.41. The van der Waals surface area contributed by atoms with Gasteiger partial charge in [0.2, 0.25) is 0 Å². The number of carbonyl (C=O) groups excluding carboxylic acids is 1. The Balaban J connectivity index is 1.63. The van der Waals surface area contributed by atoms with Gasteiger partial charge < -0.3 is 10.1 Å². The summed E-state index contributed by atoms with van der Waals surface area (Å²) in [4.78, 5) is 28.8. The Labute approximate surface area is 171 Å². The molecule has 0 aliphatic carbocycles. The number of nitrogens with one attached hydrogen (secondary N) is 1. The largest absolute Gasteiger partial charge is 0.497 e. The smallest absolute Gasteiger partial charge is 0.253 e. The van der Waals surface area contributed by atoms with E-state index in [-0.39, 0.29) is 24.6 Å². The van der Waals surface area contributed by atoms with Crippen LogP contribution in [0, 0.1) is 0 Å². The number of carbonyl (C=O) groups is 1. The SMILES string of the molecule is COc1ccc(-c2cc(=O)n(CCNC(=O)c3cc(Cl)cc(Cl)c3)cn2)cc1. The second-order valence-electron chi connectivity index (χ2n) is 5.95. The van der Waals surface area contributed by atoms with E-state index in [2.05, 4.69) is 10.3 Å². The third-order valence-electron chi connectivity index (χ3n) is 4.03. The molecule has 0 unspecified atom stereocenters. The number of aromatic nitrogens is 2. The van der Waals surface area contributed by atoms with Crippen LogP contribution in [0.1, 0.15) is 10.4 Å². The van der Waals surface area contributed by atoms with Crippen molar-refractivity contribution < 1.29 is 9.53 Å². The molecule has 0 aliphatic heterocycles. The number of hydrogen-bond donors (Lipinski definition) is 1. The summed E-state index contributed by atoms with van der Waals surface area (Å²) in [7, 11) is 1.59. The number of benzene rings is 2. The Morgan fingerprint density at radius 1 is 1.11 bits per heavy atom. The maximum Gasteiger partial charge on any atom is 0.253 e. The molecule has 1 heterocycles. The summed E-state index contributed by atoms with van der Waals surface area (Å²) < 4.78 is 6.55. The lowest BCUT2D eigenvalue weighted by Crippen LogP contribution is -2.30. The van der Waals surface area contributed by atoms with E-state index >= 15 is 0 Å². The third kappa shape index (κ3) is 4.91. The molecule has 0 spiro atoms. The molecular weight excluding hydrogens is 401 g/mol. The van der Waals surface area contributed by atoms with Crippen LogP contribution >= 0.6 is 23.2 Å². The summed E-state index contributed by atoms with van der Waals surface area (Å²) in [5, 5.41) is 3.49. The Kier molecular flexibility index (Phi) is 6.34. The average molecular weight is 418 g/mol. The van der Waals surface area contributed by atoms with Crippen LogP contribution in [0.5, 0.6) is 5.75 Å². The molecule has 6 nitrogen and oxygen atoms in total. The van der Waals surface area contributed by atoms with Crippen LogP contribution in [0.2, 0.25) is 10.0 Å². The molecule has 0 saturated heterocycles. The Bertz CT molecular complexity index is 1030. The van der Waals surface area contributed by atoms with Crippen molar-refractivity contribution in [3.05, 3.63) is 80.8 Å². The van der Waals surface area contributed by atoms with Crippen LogP contribution in [-0.4, -0.2) is 29.1 Å². The van der Waals surface area contributed by atoms with Gasteiger partial charge in [-0.3, -0.25) is 14.2 Å². The zero-order chi connectivity index (χ0) is 20.1. The van der Waals surface area contributed by atoms with Gasteiger partial charge in [0.25, 0.3) is 11.5 Å². The number of rotatable bonds is 6. The zero-order valence-electron chi connectivity index (χ0n) is 15.0. The van der Waals surface area contributed by atoms with Gasteiger partial charge >= 0.3 is 0 Å². The van der Waals surface area contributed by atoms with Crippen molar-refractivity contribution in [2.75, 3.05) is 13.7 Å². The van der Waals surface area contributed by atoms with E-state index in [0.717, 1.165) is 11.3 Å². The van der Waals surface area contributed by atoms with Gasteiger partial charge in [-0.2, -0.15) is 0 Å². The fourth-order valence-electron chi connectivity index (χ4n) is 2.59. The van der Waals surface area contributed by atoms with E-state index in [1.807, 2.05) is 12.1 Å². The summed E-state index contributed by atoms with van der Waals surface area (Å²) in [6.07, 6.45) is 1.46. The van der Waals surface area contributed by atoms with Gasteiger partial charge in [0.05, 0.1) is 19.1 Å².